The number of halogens is 2. The molecule has 0 atom stereocenters. The summed E-state index contributed by atoms with van der Waals surface area (Å²) in [6, 6.07) is 5.50. The van der Waals surface area contributed by atoms with Crippen molar-refractivity contribution in [1.29, 1.82) is 0 Å². The molecule has 76 valence electrons. The molecule has 0 aliphatic heterocycles. The third-order valence-corrected chi connectivity index (χ3v) is 2.46. The summed E-state index contributed by atoms with van der Waals surface area (Å²) in [5, 5.41) is 1.29. The lowest BCUT2D eigenvalue weighted by atomic mass is 9.95. The van der Waals surface area contributed by atoms with Crippen LogP contribution in [0.4, 0.5) is 0 Å². The lowest BCUT2D eigenvalue weighted by Gasteiger charge is -2.20. The summed E-state index contributed by atoms with van der Waals surface area (Å²) in [6.07, 6.45) is 1.79. The molecule has 1 aromatic rings. The van der Waals surface area contributed by atoms with Gasteiger partial charge in [-0.1, -0.05) is 23.2 Å². The number of aliphatic imine (C=N–C) groups is 1. The Morgan fingerprint density at radius 2 is 1.64 bits per heavy atom. The van der Waals surface area contributed by atoms with Crippen LogP contribution >= 0.6 is 23.2 Å². The fourth-order valence-corrected chi connectivity index (χ4v) is 1.83. The van der Waals surface area contributed by atoms with E-state index in [9.17, 15) is 0 Å². The van der Waals surface area contributed by atoms with Crippen LogP contribution < -0.4 is 0 Å². The normalized spacial score (nSPS) is 12.4. The van der Waals surface area contributed by atoms with E-state index < -0.39 is 0 Å². The molecule has 14 heavy (non-hydrogen) atoms. The molecule has 0 saturated carbocycles. The molecule has 0 spiro atoms. The zero-order valence-electron chi connectivity index (χ0n) is 8.51. The zero-order valence-corrected chi connectivity index (χ0v) is 10.0. The highest BCUT2D eigenvalue weighted by Gasteiger charge is 2.18. The summed E-state index contributed by atoms with van der Waals surface area (Å²) in [6.45, 7) is 5.94. The fraction of sp³-hybridized carbons (Fsp3) is 0.364. The van der Waals surface area contributed by atoms with Crippen molar-refractivity contribution >= 4 is 29.4 Å². The molecule has 0 N–H and O–H groups in total. The predicted octanol–water partition coefficient (Wildman–Crippen LogP) is 4.32. The SMILES string of the molecule is CC=NC(C)(C)c1cc(Cl)cc(Cl)c1. The van der Waals surface area contributed by atoms with E-state index >= 15 is 0 Å². The van der Waals surface area contributed by atoms with Crippen LogP contribution in [0.15, 0.2) is 23.2 Å². The first-order valence-corrected chi connectivity index (χ1v) is 5.18. The molecule has 0 fully saturated rings. The van der Waals surface area contributed by atoms with Gasteiger partial charge in [0.25, 0.3) is 0 Å². The summed E-state index contributed by atoms with van der Waals surface area (Å²) in [5.74, 6) is 0. The Balaban J connectivity index is 3.18. The Kier molecular flexibility index (Phi) is 3.57. The quantitative estimate of drug-likeness (QED) is 0.671. The van der Waals surface area contributed by atoms with Crippen molar-refractivity contribution in [2.24, 2.45) is 4.99 Å². The first-order chi connectivity index (χ1) is 6.45. The van der Waals surface area contributed by atoms with Crippen LogP contribution in [0, 0.1) is 0 Å². The smallest absolute Gasteiger partial charge is 0.0797 e. The van der Waals surface area contributed by atoms with Crippen LogP contribution in [0.1, 0.15) is 26.3 Å². The van der Waals surface area contributed by atoms with Crippen LogP contribution in [0.5, 0.6) is 0 Å². The van der Waals surface area contributed by atoms with E-state index in [0.717, 1.165) is 5.56 Å². The maximum absolute atomic E-state index is 5.92. The first kappa shape index (κ1) is 11.5. The van der Waals surface area contributed by atoms with Gasteiger partial charge in [-0.2, -0.15) is 0 Å². The summed E-state index contributed by atoms with van der Waals surface area (Å²) in [4.78, 5) is 4.37. The average Bonchev–Trinajstić information content (AvgIpc) is 2.02. The molecule has 0 amide bonds. The van der Waals surface area contributed by atoms with Gasteiger partial charge in [0.1, 0.15) is 0 Å². The molecule has 0 unspecified atom stereocenters. The number of hydrogen-bond donors (Lipinski definition) is 0. The maximum Gasteiger partial charge on any atom is 0.0797 e. The molecule has 0 aromatic heterocycles. The minimum absolute atomic E-state index is 0.275. The second-order valence-electron chi connectivity index (χ2n) is 3.60. The Morgan fingerprint density at radius 3 is 2.07 bits per heavy atom. The second-order valence-corrected chi connectivity index (χ2v) is 4.48. The Labute approximate surface area is 94.8 Å². The molecule has 3 heteroatoms. The van der Waals surface area contributed by atoms with E-state index in [4.69, 9.17) is 23.2 Å². The standard InChI is InChI=1S/C11H13Cl2N/c1-4-14-11(2,3)8-5-9(12)7-10(13)6-8/h4-7H,1-3H3. The lowest BCUT2D eigenvalue weighted by Crippen LogP contribution is -2.13. The van der Waals surface area contributed by atoms with Crippen LogP contribution in [0.3, 0.4) is 0 Å². The Bertz CT molecular complexity index is 336. The van der Waals surface area contributed by atoms with Crippen molar-refractivity contribution in [3.8, 4) is 0 Å². The Morgan fingerprint density at radius 1 is 1.14 bits per heavy atom. The monoisotopic (exact) mass is 229 g/mol. The first-order valence-electron chi connectivity index (χ1n) is 4.42. The van der Waals surface area contributed by atoms with Crippen molar-refractivity contribution in [3.05, 3.63) is 33.8 Å². The third-order valence-electron chi connectivity index (χ3n) is 2.02. The van der Waals surface area contributed by atoms with Gasteiger partial charge in [0.05, 0.1) is 5.54 Å². The molecular formula is C11H13Cl2N. The van der Waals surface area contributed by atoms with E-state index in [1.54, 1.807) is 12.3 Å². The van der Waals surface area contributed by atoms with Crippen LogP contribution in [-0.2, 0) is 5.54 Å². The van der Waals surface area contributed by atoms with E-state index in [1.165, 1.54) is 0 Å². The minimum Gasteiger partial charge on any atom is -0.287 e. The van der Waals surface area contributed by atoms with Gasteiger partial charge in [-0.3, -0.25) is 4.99 Å². The van der Waals surface area contributed by atoms with E-state index in [2.05, 4.69) is 4.99 Å². The van der Waals surface area contributed by atoms with Gasteiger partial charge in [0.2, 0.25) is 0 Å². The summed E-state index contributed by atoms with van der Waals surface area (Å²) < 4.78 is 0. The average molecular weight is 230 g/mol. The highest BCUT2D eigenvalue weighted by molar-refractivity contribution is 6.34. The molecule has 0 heterocycles. The molecule has 0 radical (unpaired) electrons. The van der Waals surface area contributed by atoms with Gasteiger partial charge in [0.15, 0.2) is 0 Å². The van der Waals surface area contributed by atoms with Gasteiger partial charge in [0, 0.05) is 10.0 Å². The summed E-state index contributed by atoms with van der Waals surface area (Å²) in [5.41, 5.74) is 0.747. The van der Waals surface area contributed by atoms with Crippen molar-refractivity contribution in [2.45, 2.75) is 26.3 Å². The summed E-state index contributed by atoms with van der Waals surface area (Å²) in [7, 11) is 0. The van der Waals surface area contributed by atoms with Gasteiger partial charge in [-0.25, -0.2) is 0 Å². The van der Waals surface area contributed by atoms with Gasteiger partial charge in [-0.05, 0) is 50.7 Å². The fourth-order valence-electron chi connectivity index (χ4n) is 1.30. The van der Waals surface area contributed by atoms with Crippen molar-refractivity contribution < 1.29 is 0 Å². The molecule has 1 rings (SSSR count). The van der Waals surface area contributed by atoms with Crippen LogP contribution in [0.2, 0.25) is 10.0 Å². The molecule has 1 nitrogen and oxygen atoms in total. The number of nitrogens with zero attached hydrogens (tertiary/aromatic N) is 1. The number of benzene rings is 1. The molecule has 0 bridgehead atoms. The highest BCUT2D eigenvalue weighted by atomic mass is 35.5. The van der Waals surface area contributed by atoms with E-state index in [-0.39, 0.29) is 5.54 Å². The minimum atomic E-state index is -0.275. The maximum atomic E-state index is 5.92. The van der Waals surface area contributed by atoms with Crippen LogP contribution in [-0.4, -0.2) is 6.21 Å². The Hall–Kier alpha value is -0.530. The van der Waals surface area contributed by atoms with E-state index in [1.807, 2.05) is 32.9 Å². The van der Waals surface area contributed by atoms with Gasteiger partial charge >= 0.3 is 0 Å². The van der Waals surface area contributed by atoms with Crippen molar-refractivity contribution in [2.75, 3.05) is 0 Å². The topological polar surface area (TPSA) is 12.4 Å². The molecule has 0 aliphatic carbocycles. The number of hydrogen-bond acceptors (Lipinski definition) is 1. The molecule has 1 aromatic carbocycles. The lowest BCUT2D eigenvalue weighted by molar-refractivity contribution is 0.561. The third kappa shape index (κ3) is 2.73. The largest absolute Gasteiger partial charge is 0.287 e. The van der Waals surface area contributed by atoms with Crippen molar-refractivity contribution in [1.82, 2.24) is 0 Å². The van der Waals surface area contributed by atoms with Gasteiger partial charge < -0.3 is 0 Å². The van der Waals surface area contributed by atoms with Gasteiger partial charge in [-0.15, -0.1) is 0 Å². The molecular weight excluding hydrogens is 217 g/mol. The summed E-state index contributed by atoms with van der Waals surface area (Å²) >= 11 is 11.8. The predicted molar refractivity (Wildman–Crippen MR) is 63.7 cm³/mol. The van der Waals surface area contributed by atoms with Crippen molar-refractivity contribution in [3.63, 3.8) is 0 Å². The van der Waals surface area contributed by atoms with Crippen LogP contribution in [0.25, 0.3) is 0 Å². The highest BCUT2D eigenvalue weighted by Crippen LogP contribution is 2.29. The zero-order chi connectivity index (χ0) is 10.8. The molecule has 0 aliphatic rings. The number of rotatable bonds is 2. The molecule has 0 saturated heterocycles. The second kappa shape index (κ2) is 4.33. The van der Waals surface area contributed by atoms with E-state index in [0.29, 0.717) is 10.0 Å².